The fourth-order valence-corrected chi connectivity index (χ4v) is 3.20. The van der Waals surface area contributed by atoms with Crippen molar-refractivity contribution in [1.29, 1.82) is 0 Å². The van der Waals surface area contributed by atoms with Crippen LogP contribution in [0, 0.1) is 0 Å². The normalized spacial score (nSPS) is 20.9. The van der Waals surface area contributed by atoms with Gasteiger partial charge < -0.3 is 15.4 Å². The fraction of sp³-hybridized carbons (Fsp3) is 0.650. The lowest BCUT2D eigenvalue weighted by Crippen LogP contribution is -2.45. The highest BCUT2D eigenvalue weighted by molar-refractivity contribution is 5.79. The molecule has 0 saturated carbocycles. The minimum absolute atomic E-state index is 0.0682. The molecule has 2 N–H and O–H groups in total. The summed E-state index contributed by atoms with van der Waals surface area (Å²) < 4.78 is 5.82. The van der Waals surface area contributed by atoms with Crippen molar-refractivity contribution >= 4 is 5.96 Å². The van der Waals surface area contributed by atoms with E-state index in [4.69, 9.17) is 4.74 Å². The van der Waals surface area contributed by atoms with Gasteiger partial charge in [-0.1, -0.05) is 38.1 Å². The highest BCUT2D eigenvalue weighted by atomic mass is 16.5. The second-order valence-electron chi connectivity index (χ2n) is 6.96. The molecule has 25 heavy (non-hydrogen) atoms. The summed E-state index contributed by atoms with van der Waals surface area (Å²) in [5.41, 5.74) is 2.56. The van der Waals surface area contributed by atoms with E-state index in [-0.39, 0.29) is 5.60 Å². The third kappa shape index (κ3) is 6.33. The van der Waals surface area contributed by atoms with Crippen molar-refractivity contribution in [1.82, 2.24) is 15.5 Å². The molecule has 5 nitrogen and oxygen atoms in total. The molecule has 1 aromatic carbocycles. The number of hydrogen-bond acceptors (Lipinski definition) is 3. The SMILES string of the molecule is CCN(CC)Cc1cccc(CNC(=NC)NCC2(C)CCCO2)c1. The Morgan fingerprint density at radius 2 is 2.00 bits per heavy atom. The average Bonchev–Trinajstić information content (AvgIpc) is 3.07. The van der Waals surface area contributed by atoms with E-state index in [2.05, 4.69) is 65.6 Å². The molecule has 0 spiro atoms. The second-order valence-corrected chi connectivity index (χ2v) is 6.96. The molecule has 1 unspecified atom stereocenters. The largest absolute Gasteiger partial charge is 0.373 e. The van der Waals surface area contributed by atoms with Gasteiger partial charge in [0, 0.05) is 33.3 Å². The first-order chi connectivity index (χ1) is 12.1. The molecule has 2 rings (SSSR count). The monoisotopic (exact) mass is 346 g/mol. The molecule has 1 fully saturated rings. The third-order valence-corrected chi connectivity index (χ3v) is 4.91. The van der Waals surface area contributed by atoms with Gasteiger partial charge in [-0.2, -0.15) is 0 Å². The Balaban J connectivity index is 1.84. The number of ether oxygens (including phenoxy) is 1. The summed E-state index contributed by atoms with van der Waals surface area (Å²) in [6.07, 6.45) is 2.24. The van der Waals surface area contributed by atoms with Crippen LogP contribution in [-0.2, 0) is 17.8 Å². The standard InChI is InChI=1S/C20H34N4O/c1-5-24(6-2)15-18-10-7-9-17(13-18)14-22-19(21-4)23-16-20(3)11-8-12-25-20/h7,9-10,13H,5-6,8,11-12,14-16H2,1-4H3,(H2,21,22,23). The summed E-state index contributed by atoms with van der Waals surface area (Å²) >= 11 is 0. The Labute approximate surface area is 152 Å². The highest BCUT2D eigenvalue weighted by Crippen LogP contribution is 2.23. The molecule has 1 aliphatic heterocycles. The van der Waals surface area contributed by atoms with E-state index in [0.717, 1.165) is 58.1 Å². The number of hydrogen-bond donors (Lipinski definition) is 2. The molecular weight excluding hydrogens is 312 g/mol. The molecule has 0 radical (unpaired) electrons. The molecule has 1 atom stereocenters. The van der Waals surface area contributed by atoms with E-state index < -0.39 is 0 Å². The molecule has 1 saturated heterocycles. The predicted octanol–water partition coefficient (Wildman–Crippen LogP) is 2.76. The minimum atomic E-state index is -0.0682. The van der Waals surface area contributed by atoms with E-state index in [9.17, 15) is 0 Å². The van der Waals surface area contributed by atoms with Gasteiger partial charge in [-0.25, -0.2) is 0 Å². The zero-order chi connectivity index (χ0) is 18.1. The molecule has 0 aliphatic carbocycles. The Morgan fingerprint density at radius 1 is 1.24 bits per heavy atom. The second kappa shape index (κ2) is 9.78. The Bertz CT molecular complexity index is 548. The molecule has 140 valence electrons. The quantitative estimate of drug-likeness (QED) is 0.561. The molecule has 0 aromatic heterocycles. The molecule has 1 aromatic rings. The van der Waals surface area contributed by atoms with Crippen LogP contribution in [0.2, 0.25) is 0 Å². The molecule has 1 aliphatic rings. The molecule has 5 heteroatoms. The van der Waals surface area contributed by atoms with Gasteiger partial charge in [0.15, 0.2) is 5.96 Å². The molecule has 1 heterocycles. The Hall–Kier alpha value is -1.59. The lowest BCUT2D eigenvalue weighted by atomic mass is 10.0. The summed E-state index contributed by atoms with van der Waals surface area (Å²) in [6.45, 7) is 12.2. The maximum absolute atomic E-state index is 5.82. The van der Waals surface area contributed by atoms with E-state index in [1.165, 1.54) is 11.1 Å². The van der Waals surface area contributed by atoms with Gasteiger partial charge in [0.2, 0.25) is 0 Å². The zero-order valence-corrected chi connectivity index (χ0v) is 16.3. The number of nitrogens with one attached hydrogen (secondary N) is 2. The summed E-state index contributed by atoms with van der Waals surface area (Å²) in [5, 5.41) is 6.80. The van der Waals surface area contributed by atoms with Gasteiger partial charge in [-0.05, 0) is 44.0 Å². The summed E-state index contributed by atoms with van der Waals surface area (Å²) in [5.74, 6) is 0.825. The molecule has 0 bridgehead atoms. The van der Waals surface area contributed by atoms with Crippen LogP contribution in [0.4, 0.5) is 0 Å². The molecule has 0 amide bonds. The average molecular weight is 347 g/mol. The van der Waals surface area contributed by atoms with Crippen LogP contribution in [0.5, 0.6) is 0 Å². The van der Waals surface area contributed by atoms with Crippen molar-refractivity contribution in [3.8, 4) is 0 Å². The maximum atomic E-state index is 5.82. The number of guanidine groups is 1. The van der Waals surface area contributed by atoms with Crippen LogP contribution in [-0.4, -0.2) is 49.7 Å². The fourth-order valence-electron chi connectivity index (χ4n) is 3.20. The smallest absolute Gasteiger partial charge is 0.191 e. The van der Waals surface area contributed by atoms with Gasteiger partial charge in [0.1, 0.15) is 0 Å². The number of aliphatic imine (C=N–C) groups is 1. The van der Waals surface area contributed by atoms with E-state index >= 15 is 0 Å². The van der Waals surface area contributed by atoms with Crippen molar-refractivity contribution < 1.29 is 4.74 Å². The van der Waals surface area contributed by atoms with Crippen molar-refractivity contribution in [2.24, 2.45) is 4.99 Å². The highest BCUT2D eigenvalue weighted by Gasteiger charge is 2.29. The number of nitrogens with zero attached hydrogens (tertiary/aromatic N) is 2. The van der Waals surface area contributed by atoms with Gasteiger partial charge in [-0.3, -0.25) is 9.89 Å². The zero-order valence-electron chi connectivity index (χ0n) is 16.3. The molecular formula is C20H34N4O. The summed E-state index contributed by atoms with van der Waals surface area (Å²) in [4.78, 5) is 6.75. The van der Waals surface area contributed by atoms with Gasteiger partial charge in [-0.15, -0.1) is 0 Å². The van der Waals surface area contributed by atoms with Crippen molar-refractivity contribution in [3.63, 3.8) is 0 Å². The van der Waals surface area contributed by atoms with Crippen LogP contribution in [0.25, 0.3) is 0 Å². The lowest BCUT2D eigenvalue weighted by Gasteiger charge is -2.24. The Kier molecular flexibility index (Phi) is 7.72. The maximum Gasteiger partial charge on any atom is 0.191 e. The van der Waals surface area contributed by atoms with Gasteiger partial charge in [0.05, 0.1) is 5.60 Å². The van der Waals surface area contributed by atoms with E-state index in [1.54, 1.807) is 0 Å². The third-order valence-electron chi connectivity index (χ3n) is 4.91. The van der Waals surface area contributed by atoms with Gasteiger partial charge in [0.25, 0.3) is 0 Å². The van der Waals surface area contributed by atoms with E-state index in [1.807, 2.05) is 7.05 Å². The summed E-state index contributed by atoms with van der Waals surface area (Å²) in [7, 11) is 1.81. The topological polar surface area (TPSA) is 48.9 Å². The lowest BCUT2D eigenvalue weighted by molar-refractivity contribution is 0.0243. The van der Waals surface area contributed by atoms with Crippen molar-refractivity contribution in [2.45, 2.75) is 52.3 Å². The van der Waals surface area contributed by atoms with Crippen LogP contribution >= 0.6 is 0 Å². The minimum Gasteiger partial charge on any atom is -0.373 e. The first kappa shape index (κ1) is 19.7. The summed E-state index contributed by atoms with van der Waals surface area (Å²) in [6, 6.07) is 8.78. The number of rotatable bonds is 8. The van der Waals surface area contributed by atoms with Crippen LogP contribution in [0.15, 0.2) is 29.3 Å². The van der Waals surface area contributed by atoms with Crippen LogP contribution in [0.3, 0.4) is 0 Å². The number of benzene rings is 1. The van der Waals surface area contributed by atoms with Gasteiger partial charge >= 0.3 is 0 Å². The van der Waals surface area contributed by atoms with Crippen LogP contribution in [0.1, 0.15) is 44.7 Å². The Morgan fingerprint density at radius 3 is 2.64 bits per heavy atom. The predicted molar refractivity (Wildman–Crippen MR) is 105 cm³/mol. The van der Waals surface area contributed by atoms with Crippen molar-refractivity contribution in [3.05, 3.63) is 35.4 Å². The first-order valence-electron chi connectivity index (χ1n) is 9.47. The van der Waals surface area contributed by atoms with E-state index in [0.29, 0.717) is 0 Å². The first-order valence-corrected chi connectivity index (χ1v) is 9.47. The van der Waals surface area contributed by atoms with Crippen molar-refractivity contribution in [2.75, 3.05) is 33.3 Å². The van der Waals surface area contributed by atoms with Crippen LogP contribution < -0.4 is 10.6 Å².